The largest absolute Gasteiger partial charge is 0.395 e. The van der Waals surface area contributed by atoms with E-state index in [0.29, 0.717) is 5.82 Å². The number of hydrogen-bond donors (Lipinski definition) is 2. The number of nitrogens with two attached hydrogens (primary N) is 1. The second-order valence-corrected chi connectivity index (χ2v) is 3.68. The molecular weight excluding hydrogens is 180 g/mol. The van der Waals surface area contributed by atoms with Crippen molar-refractivity contribution in [2.75, 3.05) is 25.4 Å². The molecule has 1 aliphatic heterocycles. The van der Waals surface area contributed by atoms with Crippen LogP contribution in [0.4, 0.5) is 5.82 Å². The predicted molar refractivity (Wildman–Crippen MR) is 53.7 cm³/mol. The number of aliphatic hydroxyl groups is 1. The Balaban J connectivity index is 2.21. The summed E-state index contributed by atoms with van der Waals surface area (Å²) in [5, 5.41) is 13.0. The Morgan fingerprint density at radius 1 is 1.57 bits per heavy atom. The first-order valence-electron chi connectivity index (χ1n) is 4.86. The molecule has 0 bridgehead atoms. The first-order chi connectivity index (χ1) is 6.72. The van der Waals surface area contributed by atoms with E-state index in [1.54, 1.807) is 0 Å². The number of aryl methyl sites for hydroxylation is 1. The van der Waals surface area contributed by atoms with Gasteiger partial charge in [0.05, 0.1) is 12.3 Å². The lowest BCUT2D eigenvalue weighted by Gasteiger charge is -2.26. The monoisotopic (exact) mass is 196 g/mol. The van der Waals surface area contributed by atoms with Crippen LogP contribution in [0.1, 0.15) is 11.3 Å². The number of fused-ring (bicyclic) bond motifs is 1. The molecule has 1 aromatic rings. The van der Waals surface area contributed by atoms with Crippen LogP contribution >= 0.6 is 0 Å². The van der Waals surface area contributed by atoms with Crippen LogP contribution in [0.25, 0.3) is 0 Å². The lowest BCUT2D eigenvalue weighted by Crippen LogP contribution is -2.33. The SMILES string of the molecule is Cn1nc(N)c2c1CN(CCO)CC2. The van der Waals surface area contributed by atoms with E-state index >= 15 is 0 Å². The van der Waals surface area contributed by atoms with E-state index in [9.17, 15) is 0 Å². The Hall–Kier alpha value is -1.07. The molecule has 2 heterocycles. The number of hydrogen-bond acceptors (Lipinski definition) is 4. The van der Waals surface area contributed by atoms with Crippen molar-refractivity contribution in [2.45, 2.75) is 13.0 Å². The number of anilines is 1. The van der Waals surface area contributed by atoms with Crippen molar-refractivity contribution >= 4 is 5.82 Å². The molecule has 0 spiro atoms. The normalized spacial score (nSPS) is 17.0. The first-order valence-corrected chi connectivity index (χ1v) is 4.86. The summed E-state index contributed by atoms with van der Waals surface area (Å²) in [6.45, 7) is 2.74. The highest BCUT2D eigenvalue weighted by molar-refractivity contribution is 5.43. The highest BCUT2D eigenvalue weighted by atomic mass is 16.3. The number of aromatic nitrogens is 2. The van der Waals surface area contributed by atoms with E-state index in [1.165, 1.54) is 11.3 Å². The second-order valence-electron chi connectivity index (χ2n) is 3.68. The molecule has 0 aliphatic carbocycles. The molecule has 5 nitrogen and oxygen atoms in total. The number of nitrogens with zero attached hydrogens (tertiary/aromatic N) is 3. The van der Waals surface area contributed by atoms with Crippen LogP contribution in [-0.2, 0) is 20.0 Å². The Morgan fingerprint density at radius 3 is 3.07 bits per heavy atom. The van der Waals surface area contributed by atoms with Crippen molar-refractivity contribution in [1.29, 1.82) is 0 Å². The van der Waals surface area contributed by atoms with E-state index in [1.807, 2.05) is 11.7 Å². The maximum Gasteiger partial charge on any atom is 0.149 e. The third kappa shape index (κ3) is 1.49. The van der Waals surface area contributed by atoms with Crippen molar-refractivity contribution in [3.8, 4) is 0 Å². The third-order valence-electron chi connectivity index (χ3n) is 2.77. The van der Waals surface area contributed by atoms with Crippen molar-refractivity contribution in [3.05, 3.63) is 11.3 Å². The maximum absolute atomic E-state index is 8.85. The van der Waals surface area contributed by atoms with Gasteiger partial charge in [-0.15, -0.1) is 0 Å². The summed E-state index contributed by atoms with van der Waals surface area (Å²) >= 11 is 0. The van der Waals surface area contributed by atoms with E-state index in [2.05, 4.69) is 10.00 Å². The molecule has 2 rings (SSSR count). The molecule has 0 radical (unpaired) electrons. The van der Waals surface area contributed by atoms with Crippen LogP contribution in [0.15, 0.2) is 0 Å². The van der Waals surface area contributed by atoms with Gasteiger partial charge in [-0.25, -0.2) is 0 Å². The average Bonchev–Trinajstić information content (AvgIpc) is 2.43. The maximum atomic E-state index is 8.85. The highest BCUT2D eigenvalue weighted by Gasteiger charge is 2.21. The highest BCUT2D eigenvalue weighted by Crippen LogP contribution is 2.22. The summed E-state index contributed by atoms with van der Waals surface area (Å²) in [7, 11) is 1.91. The zero-order valence-electron chi connectivity index (χ0n) is 8.40. The summed E-state index contributed by atoms with van der Waals surface area (Å²) in [6, 6.07) is 0. The fourth-order valence-electron chi connectivity index (χ4n) is 1.99. The standard InChI is InChI=1S/C9H16N4O/c1-12-8-6-13(4-5-14)3-2-7(8)9(10)11-12/h14H,2-6H2,1H3,(H2,10,11). The Morgan fingerprint density at radius 2 is 2.36 bits per heavy atom. The van der Waals surface area contributed by atoms with Gasteiger partial charge in [0.2, 0.25) is 0 Å². The average molecular weight is 196 g/mol. The smallest absolute Gasteiger partial charge is 0.149 e. The van der Waals surface area contributed by atoms with Crippen molar-refractivity contribution in [1.82, 2.24) is 14.7 Å². The Bertz CT molecular complexity index is 334. The predicted octanol–water partition coefficient (Wildman–Crippen LogP) is -0.647. The minimum absolute atomic E-state index is 0.211. The molecule has 0 amide bonds. The first kappa shape index (κ1) is 9.48. The summed E-state index contributed by atoms with van der Waals surface area (Å²) in [5.74, 6) is 0.658. The summed E-state index contributed by atoms with van der Waals surface area (Å²) < 4.78 is 1.84. The fourth-order valence-corrected chi connectivity index (χ4v) is 1.99. The van der Waals surface area contributed by atoms with Crippen molar-refractivity contribution < 1.29 is 5.11 Å². The molecule has 0 saturated carbocycles. The van der Waals surface area contributed by atoms with Crippen LogP contribution in [-0.4, -0.2) is 39.5 Å². The minimum Gasteiger partial charge on any atom is -0.395 e. The van der Waals surface area contributed by atoms with Crippen LogP contribution in [0.3, 0.4) is 0 Å². The molecule has 0 unspecified atom stereocenters. The lowest BCUT2D eigenvalue weighted by atomic mass is 10.1. The number of rotatable bonds is 2. The van der Waals surface area contributed by atoms with Gasteiger partial charge in [0.15, 0.2) is 0 Å². The van der Waals surface area contributed by atoms with Gasteiger partial charge in [-0.1, -0.05) is 0 Å². The molecule has 0 fully saturated rings. The molecule has 3 N–H and O–H groups in total. The van der Waals surface area contributed by atoms with Gasteiger partial charge in [-0.3, -0.25) is 9.58 Å². The second kappa shape index (κ2) is 3.59. The van der Waals surface area contributed by atoms with Crippen LogP contribution in [0, 0.1) is 0 Å². The van der Waals surface area contributed by atoms with E-state index in [0.717, 1.165) is 26.1 Å². The summed E-state index contributed by atoms with van der Waals surface area (Å²) in [4.78, 5) is 2.21. The van der Waals surface area contributed by atoms with Crippen LogP contribution < -0.4 is 5.73 Å². The van der Waals surface area contributed by atoms with Gasteiger partial charge in [0.1, 0.15) is 5.82 Å². The molecule has 0 aromatic carbocycles. The molecule has 1 aliphatic rings. The van der Waals surface area contributed by atoms with Gasteiger partial charge in [-0.05, 0) is 6.42 Å². The molecule has 14 heavy (non-hydrogen) atoms. The number of aliphatic hydroxyl groups excluding tert-OH is 1. The van der Waals surface area contributed by atoms with Crippen LogP contribution in [0.2, 0.25) is 0 Å². The van der Waals surface area contributed by atoms with E-state index in [4.69, 9.17) is 10.8 Å². The zero-order chi connectivity index (χ0) is 10.1. The molecule has 1 aromatic heterocycles. The van der Waals surface area contributed by atoms with E-state index < -0.39 is 0 Å². The third-order valence-corrected chi connectivity index (χ3v) is 2.77. The van der Waals surface area contributed by atoms with Crippen molar-refractivity contribution in [3.63, 3.8) is 0 Å². The Labute approximate surface area is 83.1 Å². The summed E-state index contributed by atoms with van der Waals surface area (Å²) in [5.41, 5.74) is 8.15. The van der Waals surface area contributed by atoms with Gasteiger partial charge < -0.3 is 10.8 Å². The van der Waals surface area contributed by atoms with Gasteiger partial charge in [0, 0.05) is 32.2 Å². The van der Waals surface area contributed by atoms with Gasteiger partial charge >= 0.3 is 0 Å². The van der Waals surface area contributed by atoms with Gasteiger partial charge in [-0.2, -0.15) is 5.10 Å². The van der Waals surface area contributed by atoms with E-state index in [-0.39, 0.29) is 6.61 Å². The lowest BCUT2D eigenvalue weighted by molar-refractivity contribution is 0.181. The zero-order valence-corrected chi connectivity index (χ0v) is 8.40. The number of nitrogen functional groups attached to an aromatic ring is 1. The fraction of sp³-hybridized carbons (Fsp3) is 0.667. The molecule has 5 heteroatoms. The molecular formula is C9H16N4O. The minimum atomic E-state index is 0.211. The molecule has 0 atom stereocenters. The quantitative estimate of drug-likeness (QED) is 0.660. The Kier molecular flexibility index (Phi) is 2.43. The number of β-amino-alcohol motifs (C(OH)–C–C–N with tert-alkyl or cyclic N) is 1. The van der Waals surface area contributed by atoms with Gasteiger partial charge in [0.25, 0.3) is 0 Å². The van der Waals surface area contributed by atoms with Crippen molar-refractivity contribution in [2.24, 2.45) is 7.05 Å². The molecule has 0 saturated heterocycles. The van der Waals surface area contributed by atoms with Crippen LogP contribution in [0.5, 0.6) is 0 Å². The molecule has 78 valence electrons. The summed E-state index contributed by atoms with van der Waals surface area (Å²) in [6.07, 6.45) is 0.939. The topological polar surface area (TPSA) is 67.3 Å².